The zero-order valence-corrected chi connectivity index (χ0v) is 26.3. The summed E-state index contributed by atoms with van der Waals surface area (Å²) in [7, 11) is 0. The van der Waals surface area contributed by atoms with Crippen molar-refractivity contribution in [2.24, 2.45) is 45.4 Å². The van der Waals surface area contributed by atoms with E-state index in [0.29, 0.717) is 61.9 Å². The number of amides is 1. The van der Waals surface area contributed by atoms with Gasteiger partial charge in [0.2, 0.25) is 0 Å². The van der Waals surface area contributed by atoms with Crippen LogP contribution in [0.4, 0.5) is 4.79 Å². The second-order valence-electron chi connectivity index (χ2n) is 14.4. The number of fused-ring (bicyclic) bond motifs is 5. The van der Waals surface area contributed by atoms with E-state index in [1.807, 2.05) is 26.8 Å². The number of carbonyl (C=O) groups is 3. The number of ether oxygens (including phenoxy) is 1. The molecule has 3 saturated carbocycles. The van der Waals surface area contributed by atoms with E-state index in [2.05, 4.69) is 24.3 Å². The quantitative estimate of drug-likeness (QED) is 0.179. The lowest BCUT2D eigenvalue weighted by Crippen LogP contribution is -2.51. The molecule has 1 amide bonds. The van der Waals surface area contributed by atoms with Gasteiger partial charge in [-0.15, -0.1) is 0 Å². The Morgan fingerprint density at radius 2 is 1.88 bits per heavy atom. The Hall–Kier alpha value is -2.26. The first kappa shape index (κ1) is 31.2. The van der Waals surface area contributed by atoms with Gasteiger partial charge < -0.3 is 15.4 Å². The van der Waals surface area contributed by atoms with Gasteiger partial charge in [-0.3, -0.25) is 19.7 Å². The molecule has 42 heavy (non-hydrogen) atoms. The SMILES string of the molecule is C/C(=N\OC(=O)N(CCN)CC1CCC(C(=O)OC(C)C)N1)[C@H]1CC[C@H]2[C@@H]3CCC4=CC(=O)CC[C@]4(C)[C@H]3CC[C@]12C. The Labute approximate surface area is 251 Å². The number of oxime groups is 1. The highest BCUT2D eigenvalue weighted by Crippen LogP contribution is 2.66. The van der Waals surface area contributed by atoms with Crippen LogP contribution in [0.5, 0.6) is 0 Å². The molecule has 4 fully saturated rings. The molecule has 234 valence electrons. The van der Waals surface area contributed by atoms with Gasteiger partial charge in [0.15, 0.2) is 5.78 Å². The van der Waals surface area contributed by atoms with Crippen LogP contribution in [0.3, 0.4) is 0 Å². The van der Waals surface area contributed by atoms with Crippen LogP contribution in [0.25, 0.3) is 0 Å². The van der Waals surface area contributed by atoms with Gasteiger partial charge in [-0.2, -0.15) is 0 Å². The van der Waals surface area contributed by atoms with Crippen LogP contribution < -0.4 is 11.1 Å². The van der Waals surface area contributed by atoms with Gasteiger partial charge in [0.1, 0.15) is 6.04 Å². The standard InChI is InChI=1S/C33H52N4O5/c1-20(2)41-30(39)29-11-7-23(35-29)19-37(17-16-34)31(40)42-36-21(3)26-9-10-27-25-8-6-22-18-24(38)12-14-32(22,4)28(25)13-15-33(26,27)5/h18,20,23,25-29,35H,6-17,19,34H2,1-5H3/b36-21+/t23?,25-,26+,27-,28-,29?,32-,33+/m0/s1. The molecular formula is C33H52N4O5. The minimum absolute atomic E-state index is 0.0291. The molecule has 1 aliphatic heterocycles. The number of hydrogen-bond acceptors (Lipinski definition) is 8. The van der Waals surface area contributed by atoms with Crippen molar-refractivity contribution in [3.8, 4) is 0 Å². The molecule has 1 heterocycles. The molecule has 0 aromatic carbocycles. The van der Waals surface area contributed by atoms with Crippen molar-refractivity contribution in [3.05, 3.63) is 11.6 Å². The van der Waals surface area contributed by atoms with E-state index in [0.717, 1.165) is 37.8 Å². The highest BCUT2D eigenvalue weighted by atomic mass is 16.7. The van der Waals surface area contributed by atoms with Crippen molar-refractivity contribution in [3.63, 3.8) is 0 Å². The van der Waals surface area contributed by atoms with Gasteiger partial charge in [0, 0.05) is 38.0 Å². The smallest absolute Gasteiger partial charge is 0.436 e. The molecule has 8 atom stereocenters. The summed E-state index contributed by atoms with van der Waals surface area (Å²) in [4.78, 5) is 44.8. The van der Waals surface area contributed by atoms with Crippen LogP contribution in [0.15, 0.2) is 16.8 Å². The highest BCUT2D eigenvalue weighted by molar-refractivity contribution is 5.91. The normalized spacial score (nSPS) is 37.9. The third-order valence-corrected chi connectivity index (χ3v) is 11.7. The number of carbonyl (C=O) groups excluding carboxylic acids is 3. The Kier molecular flexibility index (Phi) is 9.19. The predicted molar refractivity (Wildman–Crippen MR) is 162 cm³/mol. The monoisotopic (exact) mass is 584 g/mol. The molecule has 1 saturated heterocycles. The van der Waals surface area contributed by atoms with Crippen molar-refractivity contribution in [1.29, 1.82) is 0 Å². The van der Waals surface area contributed by atoms with E-state index in [1.54, 1.807) is 4.90 Å². The lowest BCUT2D eigenvalue weighted by Gasteiger charge is -2.58. The summed E-state index contributed by atoms with van der Waals surface area (Å²) in [5, 5.41) is 7.74. The summed E-state index contributed by atoms with van der Waals surface area (Å²) in [5.41, 5.74) is 8.46. The van der Waals surface area contributed by atoms with E-state index in [9.17, 15) is 14.4 Å². The minimum Gasteiger partial charge on any atom is -0.462 e. The topological polar surface area (TPSA) is 123 Å². The fourth-order valence-corrected chi connectivity index (χ4v) is 9.62. The molecule has 0 spiro atoms. The van der Waals surface area contributed by atoms with Gasteiger partial charge >= 0.3 is 12.1 Å². The van der Waals surface area contributed by atoms with Crippen LogP contribution in [0.1, 0.15) is 98.8 Å². The number of allylic oxidation sites excluding steroid dienone is 1. The Morgan fingerprint density at radius 1 is 1.10 bits per heavy atom. The molecule has 0 aromatic heterocycles. The molecule has 9 nitrogen and oxygen atoms in total. The average Bonchev–Trinajstić information content (AvgIpc) is 3.55. The number of nitrogens with one attached hydrogen (secondary N) is 1. The Bertz CT molecular complexity index is 1120. The van der Waals surface area contributed by atoms with Gasteiger partial charge in [-0.1, -0.05) is 24.6 Å². The maximum Gasteiger partial charge on any atom is 0.436 e. The lowest BCUT2D eigenvalue weighted by molar-refractivity contribution is -0.149. The molecule has 0 radical (unpaired) electrons. The third-order valence-electron chi connectivity index (χ3n) is 11.7. The predicted octanol–water partition coefficient (Wildman–Crippen LogP) is 4.98. The first-order chi connectivity index (χ1) is 20.0. The van der Waals surface area contributed by atoms with Crippen molar-refractivity contribution in [1.82, 2.24) is 10.2 Å². The third kappa shape index (κ3) is 5.92. The van der Waals surface area contributed by atoms with Gasteiger partial charge in [0.25, 0.3) is 0 Å². The largest absolute Gasteiger partial charge is 0.462 e. The maximum absolute atomic E-state index is 13.1. The number of nitrogens with zero attached hydrogens (tertiary/aromatic N) is 2. The number of ketones is 1. The number of esters is 1. The van der Waals surface area contributed by atoms with Crippen molar-refractivity contribution in [2.75, 3.05) is 19.6 Å². The van der Waals surface area contributed by atoms with E-state index >= 15 is 0 Å². The van der Waals surface area contributed by atoms with Crippen LogP contribution in [-0.4, -0.2) is 66.3 Å². The minimum atomic E-state index is -0.496. The number of nitrogens with two attached hydrogens (primary N) is 1. The number of rotatable bonds is 8. The van der Waals surface area contributed by atoms with Crippen LogP contribution in [0.2, 0.25) is 0 Å². The molecule has 4 aliphatic carbocycles. The molecule has 5 aliphatic rings. The number of hydrogen-bond donors (Lipinski definition) is 2. The molecule has 2 unspecified atom stereocenters. The summed E-state index contributed by atoms with van der Waals surface area (Å²) in [6.45, 7) is 11.7. The summed E-state index contributed by atoms with van der Waals surface area (Å²) < 4.78 is 5.34. The molecule has 0 aromatic rings. The van der Waals surface area contributed by atoms with Crippen LogP contribution in [0, 0.1) is 34.5 Å². The second kappa shape index (κ2) is 12.4. The molecule has 3 N–H and O–H groups in total. The molecular weight excluding hydrogens is 532 g/mol. The van der Waals surface area contributed by atoms with Gasteiger partial charge in [-0.25, -0.2) is 4.79 Å². The van der Waals surface area contributed by atoms with E-state index in [4.69, 9.17) is 15.3 Å². The molecule has 9 heteroatoms. The van der Waals surface area contributed by atoms with Crippen molar-refractivity contribution < 1.29 is 24.0 Å². The van der Waals surface area contributed by atoms with E-state index in [1.165, 1.54) is 24.8 Å². The Morgan fingerprint density at radius 3 is 2.62 bits per heavy atom. The molecule has 0 bridgehead atoms. The maximum atomic E-state index is 13.1. The highest BCUT2D eigenvalue weighted by Gasteiger charge is 2.59. The van der Waals surface area contributed by atoms with Gasteiger partial charge in [0.05, 0.1) is 11.8 Å². The second-order valence-corrected chi connectivity index (χ2v) is 14.4. The zero-order valence-electron chi connectivity index (χ0n) is 26.3. The summed E-state index contributed by atoms with van der Waals surface area (Å²) in [6.07, 6.45) is 11.3. The van der Waals surface area contributed by atoms with Crippen LogP contribution in [-0.2, 0) is 19.2 Å². The summed E-state index contributed by atoms with van der Waals surface area (Å²) in [5.74, 6) is 2.32. The first-order valence-corrected chi connectivity index (χ1v) is 16.4. The van der Waals surface area contributed by atoms with Gasteiger partial charge in [-0.05, 0) is 113 Å². The first-order valence-electron chi connectivity index (χ1n) is 16.4. The van der Waals surface area contributed by atoms with Crippen LogP contribution >= 0.6 is 0 Å². The van der Waals surface area contributed by atoms with E-state index in [-0.39, 0.29) is 35.0 Å². The fourth-order valence-electron chi connectivity index (χ4n) is 9.62. The lowest BCUT2D eigenvalue weighted by atomic mass is 9.46. The van der Waals surface area contributed by atoms with E-state index < -0.39 is 6.09 Å². The van der Waals surface area contributed by atoms with Crippen molar-refractivity contribution in [2.45, 2.75) is 117 Å². The van der Waals surface area contributed by atoms with Crippen molar-refractivity contribution >= 4 is 23.6 Å². The Balaban J connectivity index is 1.20. The molecule has 5 rings (SSSR count). The zero-order chi connectivity index (χ0) is 30.2. The summed E-state index contributed by atoms with van der Waals surface area (Å²) >= 11 is 0. The average molecular weight is 585 g/mol. The summed E-state index contributed by atoms with van der Waals surface area (Å²) in [6, 6.07) is -0.381. The fraction of sp³-hybridized carbons (Fsp3) is 0.818.